The van der Waals surface area contributed by atoms with Crippen LogP contribution in [0.2, 0.25) is 0 Å². The fraction of sp³-hybridized carbons (Fsp3) is 0.826. The average molecular weight is 732 g/mol. The Bertz CT molecular complexity index is 854. The number of allylic oxidation sites excluding steroid dienone is 5. The van der Waals surface area contributed by atoms with E-state index < -0.39 is 12.1 Å². The summed E-state index contributed by atoms with van der Waals surface area (Å²) in [7, 11) is 0. The third kappa shape index (κ3) is 37.8. The van der Waals surface area contributed by atoms with Crippen LogP contribution >= 0.6 is 0 Å². The lowest BCUT2D eigenvalue weighted by Gasteiger charge is -2.20. The van der Waals surface area contributed by atoms with E-state index in [9.17, 15) is 19.8 Å². The minimum absolute atomic E-state index is 0.0237. The number of rotatable bonds is 40. The number of ether oxygens (including phenoxy) is 1. The van der Waals surface area contributed by atoms with Crippen molar-refractivity contribution in [2.75, 3.05) is 13.2 Å². The van der Waals surface area contributed by atoms with Crippen molar-refractivity contribution in [2.24, 2.45) is 0 Å². The van der Waals surface area contributed by atoms with E-state index in [1.54, 1.807) is 6.08 Å². The molecule has 0 saturated heterocycles. The van der Waals surface area contributed by atoms with Crippen molar-refractivity contribution in [3.8, 4) is 0 Å². The maximum Gasteiger partial charge on any atom is 0.305 e. The molecule has 0 fully saturated rings. The zero-order chi connectivity index (χ0) is 38.0. The van der Waals surface area contributed by atoms with Gasteiger partial charge >= 0.3 is 5.97 Å². The van der Waals surface area contributed by atoms with Gasteiger partial charge in [-0.2, -0.15) is 0 Å². The minimum atomic E-state index is -0.851. The van der Waals surface area contributed by atoms with Gasteiger partial charge in [0.05, 0.1) is 25.4 Å². The van der Waals surface area contributed by atoms with Crippen molar-refractivity contribution in [1.29, 1.82) is 0 Å². The molecule has 0 aliphatic rings. The van der Waals surface area contributed by atoms with Crippen molar-refractivity contribution in [2.45, 2.75) is 231 Å². The van der Waals surface area contributed by atoms with E-state index in [1.165, 1.54) is 122 Å². The zero-order valence-electron chi connectivity index (χ0n) is 34.3. The van der Waals surface area contributed by atoms with Crippen LogP contribution in [0.25, 0.3) is 0 Å². The summed E-state index contributed by atoms with van der Waals surface area (Å²) in [6.07, 6.45) is 48.4. The normalized spacial score (nSPS) is 13.1. The lowest BCUT2D eigenvalue weighted by molar-refractivity contribution is -0.143. The summed E-state index contributed by atoms with van der Waals surface area (Å²) in [4.78, 5) is 24.3. The van der Waals surface area contributed by atoms with Gasteiger partial charge in [0.1, 0.15) is 0 Å². The summed E-state index contributed by atoms with van der Waals surface area (Å²) in [5, 5.41) is 22.8. The maximum atomic E-state index is 12.3. The molecule has 0 heterocycles. The second-order valence-electron chi connectivity index (χ2n) is 15.0. The smallest absolute Gasteiger partial charge is 0.305 e. The number of aliphatic hydroxyl groups is 2. The van der Waals surface area contributed by atoms with Crippen LogP contribution in [0.4, 0.5) is 0 Å². The Morgan fingerprint density at radius 1 is 0.538 bits per heavy atom. The van der Waals surface area contributed by atoms with Gasteiger partial charge in [-0.1, -0.05) is 185 Å². The predicted octanol–water partition coefficient (Wildman–Crippen LogP) is 12.6. The number of amides is 1. The van der Waals surface area contributed by atoms with Crippen LogP contribution in [0, 0.1) is 0 Å². The molecular formula is C46H85NO5. The van der Waals surface area contributed by atoms with Crippen LogP contribution in [0.5, 0.6) is 0 Å². The van der Waals surface area contributed by atoms with E-state index in [0.29, 0.717) is 19.4 Å². The Kier molecular flexibility index (Phi) is 40.3. The molecule has 6 heteroatoms. The van der Waals surface area contributed by atoms with Gasteiger partial charge in [-0.05, 0) is 57.8 Å². The summed E-state index contributed by atoms with van der Waals surface area (Å²) < 4.78 is 5.43. The summed E-state index contributed by atoms with van der Waals surface area (Å²) in [6.45, 7) is 4.75. The quantitative estimate of drug-likeness (QED) is 0.0331. The van der Waals surface area contributed by atoms with Gasteiger partial charge in [-0.25, -0.2) is 0 Å². The number of unbranched alkanes of at least 4 members (excludes halogenated alkanes) is 25. The first-order chi connectivity index (χ1) is 25.5. The van der Waals surface area contributed by atoms with E-state index in [2.05, 4.69) is 43.5 Å². The molecule has 0 aliphatic carbocycles. The largest absolute Gasteiger partial charge is 0.466 e. The molecule has 2 atom stereocenters. The Morgan fingerprint density at radius 2 is 1.00 bits per heavy atom. The van der Waals surface area contributed by atoms with Gasteiger partial charge in [-0.15, -0.1) is 0 Å². The third-order valence-electron chi connectivity index (χ3n) is 9.89. The maximum absolute atomic E-state index is 12.3. The van der Waals surface area contributed by atoms with Crippen molar-refractivity contribution >= 4 is 11.9 Å². The Balaban J connectivity index is 3.48. The third-order valence-corrected chi connectivity index (χ3v) is 9.89. The number of hydrogen-bond donors (Lipinski definition) is 3. The molecule has 0 spiro atoms. The molecule has 0 aromatic rings. The van der Waals surface area contributed by atoms with Crippen LogP contribution < -0.4 is 5.32 Å². The van der Waals surface area contributed by atoms with Crippen LogP contribution in [0.1, 0.15) is 219 Å². The highest BCUT2D eigenvalue weighted by atomic mass is 16.5. The Labute approximate surface area is 322 Å². The van der Waals surface area contributed by atoms with E-state index >= 15 is 0 Å². The highest BCUT2D eigenvalue weighted by Crippen LogP contribution is 2.14. The minimum Gasteiger partial charge on any atom is -0.466 e. The van der Waals surface area contributed by atoms with E-state index in [4.69, 9.17) is 4.74 Å². The molecule has 0 radical (unpaired) electrons. The molecule has 52 heavy (non-hydrogen) atoms. The van der Waals surface area contributed by atoms with Crippen molar-refractivity contribution in [3.05, 3.63) is 36.5 Å². The first-order valence-electron chi connectivity index (χ1n) is 22.3. The molecule has 6 nitrogen and oxygen atoms in total. The number of esters is 1. The molecule has 0 saturated carbocycles. The number of carbonyl (C=O) groups is 2. The van der Waals surface area contributed by atoms with Gasteiger partial charge < -0.3 is 20.3 Å². The lowest BCUT2D eigenvalue weighted by Crippen LogP contribution is -2.45. The van der Waals surface area contributed by atoms with Gasteiger partial charge in [0, 0.05) is 12.8 Å². The van der Waals surface area contributed by atoms with Crippen molar-refractivity contribution < 1.29 is 24.5 Å². The lowest BCUT2D eigenvalue weighted by atomic mass is 10.0. The monoisotopic (exact) mass is 732 g/mol. The van der Waals surface area contributed by atoms with Crippen LogP contribution in [-0.2, 0) is 14.3 Å². The molecule has 0 rings (SSSR count). The number of hydrogen-bond acceptors (Lipinski definition) is 5. The SMILES string of the molecule is CCC/C=C\C/C=C\CCCCCCCC(=O)OCCCCCCCCCCCCCCCC(=O)NC(CO)C(O)/C=C/CCCCCCCCC. The van der Waals surface area contributed by atoms with Crippen LogP contribution in [-0.4, -0.2) is 47.4 Å². The first kappa shape index (κ1) is 50.1. The molecule has 0 aromatic heterocycles. The van der Waals surface area contributed by atoms with Crippen LogP contribution in [0.3, 0.4) is 0 Å². The van der Waals surface area contributed by atoms with Gasteiger partial charge in [0.15, 0.2) is 0 Å². The predicted molar refractivity (Wildman–Crippen MR) is 222 cm³/mol. The second kappa shape index (κ2) is 41.8. The summed E-state index contributed by atoms with van der Waals surface area (Å²) in [5.74, 6) is -0.110. The highest BCUT2D eigenvalue weighted by Gasteiger charge is 2.18. The van der Waals surface area contributed by atoms with E-state index in [1.807, 2.05) is 6.08 Å². The van der Waals surface area contributed by atoms with Gasteiger partial charge in [0.2, 0.25) is 5.91 Å². The average Bonchev–Trinajstić information content (AvgIpc) is 3.14. The van der Waals surface area contributed by atoms with Gasteiger partial charge in [0.25, 0.3) is 0 Å². The Morgan fingerprint density at radius 3 is 1.54 bits per heavy atom. The topological polar surface area (TPSA) is 95.9 Å². The zero-order valence-corrected chi connectivity index (χ0v) is 34.3. The van der Waals surface area contributed by atoms with E-state index in [0.717, 1.165) is 70.6 Å². The number of aliphatic hydroxyl groups excluding tert-OH is 2. The first-order valence-corrected chi connectivity index (χ1v) is 22.3. The van der Waals surface area contributed by atoms with E-state index in [-0.39, 0.29) is 18.5 Å². The standard InChI is InChI=1S/C46H85NO5/c1-3-5-7-9-11-13-14-16-20-24-28-32-36-40-46(51)52-41-37-33-29-25-21-18-15-17-19-23-27-31-35-39-45(50)47-43(42-48)44(49)38-34-30-26-22-12-10-8-6-4-2/h7,9,13-14,34,38,43-44,48-49H,3-6,8,10-12,15-33,35-37,39-42H2,1-2H3,(H,47,50)/b9-7-,14-13-,38-34+. The molecule has 2 unspecified atom stereocenters. The Hall–Kier alpha value is -1.92. The van der Waals surface area contributed by atoms with Crippen molar-refractivity contribution in [1.82, 2.24) is 5.32 Å². The summed E-state index contributed by atoms with van der Waals surface area (Å²) >= 11 is 0. The number of nitrogens with one attached hydrogen (secondary N) is 1. The summed E-state index contributed by atoms with van der Waals surface area (Å²) in [5.41, 5.74) is 0. The fourth-order valence-corrected chi connectivity index (χ4v) is 6.43. The van der Waals surface area contributed by atoms with Gasteiger partial charge in [-0.3, -0.25) is 9.59 Å². The summed E-state index contributed by atoms with van der Waals surface area (Å²) in [6, 6.07) is -0.636. The van der Waals surface area contributed by atoms with Crippen molar-refractivity contribution in [3.63, 3.8) is 0 Å². The molecule has 0 aliphatic heterocycles. The molecule has 0 aromatic carbocycles. The molecule has 3 N–H and O–H groups in total. The molecule has 0 bridgehead atoms. The second-order valence-corrected chi connectivity index (χ2v) is 15.0. The molecule has 1 amide bonds. The molecular weight excluding hydrogens is 647 g/mol. The highest BCUT2D eigenvalue weighted by molar-refractivity contribution is 5.76. The van der Waals surface area contributed by atoms with Crippen LogP contribution in [0.15, 0.2) is 36.5 Å². The fourth-order valence-electron chi connectivity index (χ4n) is 6.43. The number of carbonyl (C=O) groups excluding carboxylic acids is 2. The molecule has 304 valence electrons.